The zero-order valence-electron chi connectivity index (χ0n) is 18.6. The predicted octanol–water partition coefficient (Wildman–Crippen LogP) is 3.30. The Kier molecular flexibility index (Phi) is 6.38. The molecule has 3 aromatic rings. The Morgan fingerprint density at radius 1 is 1.38 bits per heavy atom. The van der Waals surface area contributed by atoms with Gasteiger partial charge in [0.05, 0.1) is 30.8 Å². The van der Waals surface area contributed by atoms with E-state index in [2.05, 4.69) is 36.8 Å². The second kappa shape index (κ2) is 9.37. The van der Waals surface area contributed by atoms with Crippen molar-refractivity contribution in [3.05, 3.63) is 53.3 Å². The summed E-state index contributed by atoms with van der Waals surface area (Å²) in [6.45, 7) is 4.36. The highest BCUT2D eigenvalue weighted by Crippen LogP contribution is 2.39. The Morgan fingerprint density at radius 3 is 2.88 bits per heavy atom. The molecule has 0 saturated carbocycles. The summed E-state index contributed by atoms with van der Waals surface area (Å²) in [6.07, 6.45) is 2.30. The van der Waals surface area contributed by atoms with E-state index >= 15 is 0 Å². The van der Waals surface area contributed by atoms with E-state index in [0.29, 0.717) is 12.2 Å². The van der Waals surface area contributed by atoms with Crippen LogP contribution >= 0.6 is 0 Å². The highest BCUT2D eigenvalue weighted by Gasteiger charge is 2.32. The van der Waals surface area contributed by atoms with Crippen molar-refractivity contribution in [3.63, 3.8) is 0 Å². The lowest BCUT2D eigenvalue weighted by Gasteiger charge is -2.18. The van der Waals surface area contributed by atoms with E-state index in [9.17, 15) is 5.11 Å². The molecule has 9 heteroatoms. The van der Waals surface area contributed by atoms with Gasteiger partial charge in [-0.2, -0.15) is 0 Å². The molecule has 9 nitrogen and oxygen atoms in total. The average Bonchev–Trinajstić information content (AvgIpc) is 3.33. The van der Waals surface area contributed by atoms with E-state index in [1.165, 1.54) is 0 Å². The van der Waals surface area contributed by atoms with E-state index in [1.807, 2.05) is 32.0 Å². The zero-order chi connectivity index (χ0) is 22.7. The van der Waals surface area contributed by atoms with Gasteiger partial charge in [-0.1, -0.05) is 11.2 Å². The summed E-state index contributed by atoms with van der Waals surface area (Å²) in [4.78, 5) is 17.1. The highest BCUT2D eigenvalue weighted by molar-refractivity contribution is 5.96. The summed E-state index contributed by atoms with van der Waals surface area (Å²) in [5, 5.41) is 22.0. The summed E-state index contributed by atoms with van der Waals surface area (Å²) in [6, 6.07) is 9.53. The van der Waals surface area contributed by atoms with Gasteiger partial charge in [0.25, 0.3) is 0 Å². The molecule has 32 heavy (non-hydrogen) atoms. The number of hydrogen-bond acceptors (Lipinski definition) is 7. The lowest BCUT2D eigenvalue weighted by molar-refractivity contribution is 0.0900. The van der Waals surface area contributed by atoms with Crippen molar-refractivity contribution in [2.45, 2.75) is 38.6 Å². The minimum Gasteiger partial charge on any atom is -0.496 e. The maximum absolute atomic E-state index is 10.5. The minimum atomic E-state index is -0.898. The third-order valence-corrected chi connectivity index (χ3v) is 5.65. The Hall–Kier alpha value is -3.43. The lowest BCUT2D eigenvalue weighted by atomic mass is 9.89. The highest BCUT2D eigenvalue weighted by atomic mass is 16.6. The van der Waals surface area contributed by atoms with E-state index in [1.54, 1.807) is 32.8 Å². The molecule has 0 saturated heterocycles. The number of methoxy groups -OCH3 is 1. The second-order valence-corrected chi connectivity index (χ2v) is 7.71. The number of pyridine rings is 1. The maximum Gasteiger partial charge on any atom is 0.148 e. The molecule has 1 aliphatic heterocycles. The Morgan fingerprint density at radius 2 is 2.22 bits per heavy atom. The Labute approximate surface area is 186 Å². The summed E-state index contributed by atoms with van der Waals surface area (Å²) in [5.74, 6) is 1.56. The van der Waals surface area contributed by atoms with Crippen LogP contribution in [-0.2, 0) is 11.4 Å². The average molecular weight is 437 g/mol. The van der Waals surface area contributed by atoms with Crippen molar-refractivity contribution in [1.29, 1.82) is 0 Å². The van der Waals surface area contributed by atoms with Gasteiger partial charge in [-0.05, 0) is 38.1 Å². The molecular formula is C23H28N6O3. The van der Waals surface area contributed by atoms with Crippen molar-refractivity contribution in [3.8, 4) is 5.75 Å². The van der Waals surface area contributed by atoms with Gasteiger partial charge in [0, 0.05) is 41.8 Å². The smallest absolute Gasteiger partial charge is 0.148 e. The predicted molar refractivity (Wildman–Crippen MR) is 125 cm³/mol. The first-order valence-electron chi connectivity index (χ1n) is 10.5. The molecule has 3 atom stereocenters. The molecule has 0 aliphatic carbocycles. The third-order valence-electron chi connectivity index (χ3n) is 5.65. The number of aromatic amines is 1. The number of oxime groups is 1. The van der Waals surface area contributed by atoms with Gasteiger partial charge < -0.3 is 25.0 Å². The van der Waals surface area contributed by atoms with E-state index in [4.69, 9.17) is 9.57 Å². The number of nitrogens with one attached hydrogen (secondary N) is 3. The van der Waals surface area contributed by atoms with Gasteiger partial charge in [0.15, 0.2) is 0 Å². The Bertz CT molecular complexity index is 1140. The number of aliphatic hydroxyl groups excluding tert-OH is 1. The quantitative estimate of drug-likeness (QED) is 0.245. The van der Waals surface area contributed by atoms with Crippen molar-refractivity contribution < 1.29 is 14.7 Å². The van der Waals surface area contributed by atoms with Gasteiger partial charge in [-0.15, -0.1) is 0 Å². The molecule has 4 rings (SSSR count). The summed E-state index contributed by atoms with van der Waals surface area (Å²) in [7, 11) is 3.36. The lowest BCUT2D eigenvalue weighted by Crippen LogP contribution is -2.21. The fraction of sp³-hybridized carbons (Fsp3) is 0.348. The van der Waals surface area contributed by atoms with Gasteiger partial charge >= 0.3 is 0 Å². The standard InChI is InChI=1S/C23H28N6O3/c1-13-21(14(2)32-29-13)16-9-19-15(10-20(16)31-4)17(22(28-19)27-12-24-3)11-26-23(30)18-7-5-6-8-25-18/h5-10,12,14,21,23,26,28,30H,11H2,1-4H3,(H,24,27). The Balaban J connectivity index is 1.72. The monoisotopic (exact) mass is 436 g/mol. The molecule has 168 valence electrons. The first kappa shape index (κ1) is 21.8. The van der Waals surface area contributed by atoms with Crippen LogP contribution in [0.1, 0.15) is 42.8 Å². The number of nitrogens with zero attached hydrogens (tertiary/aromatic N) is 3. The van der Waals surface area contributed by atoms with Crippen LogP contribution in [0.5, 0.6) is 5.75 Å². The van der Waals surface area contributed by atoms with E-state index < -0.39 is 6.23 Å². The normalized spacial score (nSPS) is 19.2. The number of benzene rings is 1. The van der Waals surface area contributed by atoms with E-state index in [0.717, 1.165) is 39.3 Å². The van der Waals surface area contributed by atoms with Gasteiger partial charge in [-0.3, -0.25) is 15.3 Å². The number of hydrogen-bond donors (Lipinski definition) is 4. The summed E-state index contributed by atoms with van der Waals surface area (Å²) >= 11 is 0. The van der Waals surface area contributed by atoms with Gasteiger partial charge in [-0.25, -0.2) is 0 Å². The second-order valence-electron chi connectivity index (χ2n) is 7.71. The molecule has 1 aliphatic rings. The van der Waals surface area contributed by atoms with Crippen molar-refractivity contribution >= 4 is 28.8 Å². The van der Waals surface area contributed by atoms with Crippen LogP contribution < -0.4 is 15.4 Å². The van der Waals surface area contributed by atoms with Gasteiger partial charge in [0.1, 0.15) is 23.9 Å². The number of rotatable bonds is 8. The molecule has 0 spiro atoms. The number of aromatic nitrogens is 2. The molecule has 0 fully saturated rings. The molecule has 0 radical (unpaired) electrons. The SMILES string of the molecule is CN=CNc1[nH]c2cc(C3C(C)=NOC3C)c(OC)cc2c1CNC(O)c1ccccn1. The molecule has 4 N–H and O–H groups in total. The molecule has 3 heterocycles. The molecule has 0 amide bonds. The van der Waals surface area contributed by atoms with Crippen LogP contribution in [0.4, 0.5) is 5.82 Å². The number of aliphatic imine (C=N–C) groups is 1. The largest absolute Gasteiger partial charge is 0.496 e. The molecule has 2 aromatic heterocycles. The molecule has 3 unspecified atom stereocenters. The molecular weight excluding hydrogens is 408 g/mol. The minimum absolute atomic E-state index is 0.0128. The number of anilines is 1. The van der Waals surface area contributed by atoms with Crippen LogP contribution in [0.25, 0.3) is 10.9 Å². The van der Waals surface area contributed by atoms with Crippen LogP contribution in [0.3, 0.4) is 0 Å². The molecule has 0 bridgehead atoms. The fourth-order valence-corrected chi connectivity index (χ4v) is 4.09. The fourth-order valence-electron chi connectivity index (χ4n) is 4.09. The topological polar surface area (TPSA) is 116 Å². The van der Waals surface area contributed by atoms with Crippen LogP contribution in [0, 0.1) is 0 Å². The molecule has 1 aromatic carbocycles. The zero-order valence-corrected chi connectivity index (χ0v) is 18.6. The third kappa shape index (κ3) is 4.17. The first-order chi connectivity index (χ1) is 15.5. The van der Waals surface area contributed by atoms with Gasteiger partial charge in [0.2, 0.25) is 0 Å². The van der Waals surface area contributed by atoms with Crippen LogP contribution in [-0.4, -0.2) is 47.4 Å². The van der Waals surface area contributed by atoms with Crippen molar-refractivity contribution in [1.82, 2.24) is 15.3 Å². The van der Waals surface area contributed by atoms with Crippen LogP contribution in [0.2, 0.25) is 0 Å². The summed E-state index contributed by atoms with van der Waals surface area (Å²) < 4.78 is 5.75. The van der Waals surface area contributed by atoms with Crippen molar-refractivity contribution in [2.24, 2.45) is 10.1 Å². The summed E-state index contributed by atoms with van der Waals surface area (Å²) in [5.41, 5.74) is 4.36. The number of aliphatic hydroxyl groups is 1. The van der Waals surface area contributed by atoms with Crippen molar-refractivity contribution in [2.75, 3.05) is 19.5 Å². The van der Waals surface area contributed by atoms with Crippen LogP contribution in [0.15, 0.2) is 46.7 Å². The number of fused-ring (bicyclic) bond motifs is 1. The number of ether oxygens (including phenoxy) is 1. The van der Waals surface area contributed by atoms with E-state index in [-0.39, 0.29) is 12.0 Å². The number of H-pyrrole nitrogens is 1. The first-order valence-corrected chi connectivity index (χ1v) is 10.5. The maximum atomic E-state index is 10.5.